The molecular formula is C16H19NO4. The maximum atomic E-state index is 12.4. The van der Waals surface area contributed by atoms with E-state index in [4.69, 9.17) is 5.11 Å². The van der Waals surface area contributed by atoms with Gasteiger partial charge in [0.05, 0.1) is 16.7 Å². The third-order valence-corrected chi connectivity index (χ3v) is 3.83. The summed E-state index contributed by atoms with van der Waals surface area (Å²) in [5, 5.41) is 8.98. The monoisotopic (exact) mass is 289 g/mol. The summed E-state index contributed by atoms with van der Waals surface area (Å²) in [5.74, 6) is -1.81. The largest absolute Gasteiger partial charge is 0.478 e. The number of carbonyl (C=O) groups is 3. The number of amides is 2. The molecule has 1 unspecified atom stereocenters. The van der Waals surface area contributed by atoms with Gasteiger partial charge in [0, 0.05) is 6.04 Å². The molecule has 0 bridgehead atoms. The Morgan fingerprint density at radius 3 is 2.48 bits per heavy atom. The minimum atomic E-state index is -1.10. The first-order valence-electron chi connectivity index (χ1n) is 7.22. The zero-order chi connectivity index (χ0) is 15.6. The standard InChI is InChI=1S/C16H19NO4/c1-3-4-5-6-10(2)17-14(18)12-8-7-11(16(20)21)9-13(12)15(17)19/h7-10H,3-6H2,1-2H3,(H,20,21). The Kier molecular flexibility index (Phi) is 4.40. The van der Waals surface area contributed by atoms with E-state index in [1.165, 1.54) is 23.1 Å². The van der Waals surface area contributed by atoms with Gasteiger partial charge in [-0.15, -0.1) is 0 Å². The van der Waals surface area contributed by atoms with Crippen LogP contribution in [0, 0.1) is 0 Å². The number of benzene rings is 1. The molecule has 0 fully saturated rings. The lowest BCUT2D eigenvalue weighted by atomic mass is 10.1. The van der Waals surface area contributed by atoms with Crippen LogP contribution in [-0.2, 0) is 0 Å². The van der Waals surface area contributed by atoms with Gasteiger partial charge in [-0.2, -0.15) is 0 Å². The molecule has 2 amide bonds. The van der Waals surface area contributed by atoms with E-state index in [0.717, 1.165) is 25.7 Å². The van der Waals surface area contributed by atoms with Crippen LogP contribution in [-0.4, -0.2) is 33.8 Å². The van der Waals surface area contributed by atoms with Gasteiger partial charge in [-0.3, -0.25) is 14.5 Å². The summed E-state index contributed by atoms with van der Waals surface area (Å²) in [6.07, 6.45) is 3.88. The first kappa shape index (κ1) is 15.2. The van der Waals surface area contributed by atoms with E-state index in [1.807, 2.05) is 6.92 Å². The molecular weight excluding hydrogens is 270 g/mol. The van der Waals surface area contributed by atoms with Crippen molar-refractivity contribution in [2.75, 3.05) is 0 Å². The third-order valence-electron chi connectivity index (χ3n) is 3.83. The van der Waals surface area contributed by atoms with Crippen LogP contribution in [0.5, 0.6) is 0 Å². The fourth-order valence-electron chi connectivity index (χ4n) is 2.61. The van der Waals surface area contributed by atoms with Crippen LogP contribution in [0.4, 0.5) is 0 Å². The number of hydrogen-bond donors (Lipinski definition) is 1. The topological polar surface area (TPSA) is 74.7 Å². The van der Waals surface area contributed by atoms with Crippen molar-refractivity contribution in [2.24, 2.45) is 0 Å². The van der Waals surface area contributed by atoms with E-state index >= 15 is 0 Å². The van der Waals surface area contributed by atoms with Gasteiger partial charge in [0.15, 0.2) is 0 Å². The number of aromatic carboxylic acids is 1. The van der Waals surface area contributed by atoms with Crippen LogP contribution in [0.3, 0.4) is 0 Å². The average Bonchev–Trinajstić information content (AvgIpc) is 2.70. The highest BCUT2D eigenvalue weighted by Crippen LogP contribution is 2.27. The fourth-order valence-corrected chi connectivity index (χ4v) is 2.61. The molecule has 1 N–H and O–H groups in total. The zero-order valence-corrected chi connectivity index (χ0v) is 12.3. The molecule has 1 heterocycles. The first-order chi connectivity index (χ1) is 9.97. The van der Waals surface area contributed by atoms with Crippen molar-refractivity contribution in [3.63, 3.8) is 0 Å². The van der Waals surface area contributed by atoms with Gasteiger partial charge in [-0.05, 0) is 31.5 Å². The molecule has 0 saturated heterocycles. The van der Waals surface area contributed by atoms with E-state index in [0.29, 0.717) is 5.56 Å². The lowest BCUT2D eigenvalue weighted by Gasteiger charge is -2.22. The molecule has 1 aliphatic heterocycles. The molecule has 5 nitrogen and oxygen atoms in total. The molecule has 21 heavy (non-hydrogen) atoms. The van der Waals surface area contributed by atoms with E-state index in [1.54, 1.807) is 0 Å². The highest BCUT2D eigenvalue weighted by molar-refractivity contribution is 6.22. The molecule has 1 aliphatic rings. The van der Waals surface area contributed by atoms with Crippen LogP contribution in [0.2, 0.25) is 0 Å². The first-order valence-corrected chi connectivity index (χ1v) is 7.22. The summed E-state index contributed by atoms with van der Waals surface area (Å²) in [7, 11) is 0. The normalized spacial score (nSPS) is 15.2. The number of unbranched alkanes of at least 4 members (excludes halogenated alkanes) is 2. The lowest BCUT2D eigenvalue weighted by molar-refractivity contribution is 0.0587. The van der Waals surface area contributed by atoms with Gasteiger partial charge in [-0.25, -0.2) is 4.79 Å². The minimum absolute atomic E-state index is 0.0235. The Bertz CT molecular complexity index is 594. The third kappa shape index (κ3) is 2.82. The summed E-state index contributed by atoms with van der Waals surface area (Å²) < 4.78 is 0. The van der Waals surface area contributed by atoms with Crippen molar-refractivity contribution in [1.29, 1.82) is 0 Å². The number of carboxylic acid groups (broad SMARTS) is 1. The molecule has 5 heteroatoms. The van der Waals surface area contributed by atoms with Crippen molar-refractivity contribution in [1.82, 2.24) is 4.90 Å². The molecule has 1 aromatic carbocycles. The van der Waals surface area contributed by atoms with Crippen LogP contribution >= 0.6 is 0 Å². The highest BCUT2D eigenvalue weighted by atomic mass is 16.4. The van der Waals surface area contributed by atoms with Gasteiger partial charge in [0.25, 0.3) is 11.8 Å². The molecule has 1 aromatic rings. The van der Waals surface area contributed by atoms with E-state index in [9.17, 15) is 14.4 Å². The molecule has 2 rings (SSSR count). The van der Waals surface area contributed by atoms with E-state index in [-0.39, 0.29) is 29.0 Å². The SMILES string of the molecule is CCCCCC(C)N1C(=O)c2ccc(C(=O)O)cc2C1=O. The summed E-state index contributed by atoms with van der Waals surface area (Å²) in [6, 6.07) is 3.91. The molecule has 112 valence electrons. The van der Waals surface area contributed by atoms with Gasteiger partial charge < -0.3 is 5.11 Å². The van der Waals surface area contributed by atoms with Crippen molar-refractivity contribution in [3.05, 3.63) is 34.9 Å². The number of carboxylic acids is 1. The molecule has 0 saturated carbocycles. The molecule has 0 aliphatic carbocycles. The second kappa shape index (κ2) is 6.08. The summed E-state index contributed by atoms with van der Waals surface area (Å²) in [4.78, 5) is 36.9. The Morgan fingerprint density at radius 2 is 1.86 bits per heavy atom. The second-order valence-corrected chi connectivity index (χ2v) is 5.39. The number of nitrogens with zero attached hydrogens (tertiary/aromatic N) is 1. The van der Waals surface area contributed by atoms with Crippen LogP contribution < -0.4 is 0 Å². The molecule has 0 aromatic heterocycles. The Labute approximate surface area is 123 Å². The van der Waals surface area contributed by atoms with Gasteiger partial charge >= 0.3 is 5.97 Å². The van der Waals surface area contributed by atoms with Crippen molar-refractivity contribution >= 4 is 17.8 Å². The van der Waals surface area contributed by atoms with Gasteiger partial charge in [0.2, 0.25) is 0 Å². The average molecular weight is 289 g/mol. The molecule has 0 spiro atoms. The number of carbonyl (C=O) groups excluding carboxylic acids is 2. The van der Waals surface area contributed by atoms with E-state index < -0.39 is 5.97 Å². The summed E-state index contributed by atoms with van der Waals surface area (Å²) >= 11 is 0. The van der Waals surface area contributed by atoms with Crippen molar-refractivity contribution in [2.45, 2.75) is 45.6 Å². The summed E-state index contributed by atoms with van der Waals surface area (Å²) in [5.41, 5.74) is 0.518. The van der Waals surface area contributed by atoms with Crippen LogP contribution in [0.1, 0.15) is 70.6 Å². The van der Waals surface area contributed by atoms with Crippen LogP contribution in [0.25, 0.3) is 0 Å². The quantitative estimate of drug-likeness (QED) is 0.645. The Morgan fingerprint density at radius 1 is 1.19 bits per heavy atom. The number of imide groups is 1. The maximum Gasteiger partial charge on any atom is 0.335 e. The van der Waals surface area contributed by atoms with E-state index in [2.05, 4.69) is 6.92 Å². The fraction of sp³-hybridized carbons (Fsp3) is 0.438. The Balaban J connectivity index is 2.23. The van der Waals surface area contributed by atoms with Gasteiger partial charge in [0.1, 0.15) is 0 Å². The van der Waals surface area contributed by atoms with Crippen LogP contribution in [0.15, 0.2) is 18.2 Å². The highest BCUT2D eigenvalue weighted by Gasteiger charge is 2.38. The minimum Gasteiger partial charge on any atom is -0.478 e. The smallest absolute Gasteiger partial charge is 0.335 e. The van der Waals surface area contributed by atoms with Crippen molar-refractivity contribution < 1.29 is 19.5 Å². The predicted molar refractivity (Wildman–Crippen MR) is 77.5 cm³/mol. The predicted octanol–water partition coefficient (Wildman–Crippen LogP) is 2.95. The van der Waals surface area contributed by atoms with Gasteiger partial charge in [-0.1, -0.05) is 26.2 Å². The number of fused-ring (bicyclic) bond motifs is 1. The number of hydrogen-bond acceptors (Lipinski definition) is 3. The molecule has 1 atom stereocenters. The maximum absolute atomic E-state index is 12.4. The summed E-state index contributed by atoms with van der Waals surface area (Å²) in [6.45, 7) is 3.95. The second-order valence-electron chi connectivity index (χ2n) is 5.39. The van der Waals surface area contributed by atoms with Crippen molar-refractivity contribution in [3.8, 4) is 0 Å². The Hall–Kier alpha value is -2.17. The number of rotatable bonds is 6. The molecule has 0 radical (unpaired) electrons. The lowest BCUT2D eigenvalue weighted by Crippen LogP contribution is -2.37. The zero-order valence-electron chi connectivity index (χ0n) is 12.3.